The van der Waals surface area contributed by atoms with Crippen LogP contribution in [0.25, 0.3) is 0 Å². The Morgan fingerprint density at radius 1 is 1.10 bits per heavy atom. The minimum Gasteiger partial charge on any atom is -0.495 e. The summed E-state index contributed by atoms with van der Waals surface area (Å²) >= 11 is 6.02. The molecule has 0 amide bonds. The van der Waals surface area contributed by atoms with Crippen molar-refractivity contribution in [1.82, 2.24) is 0 Å². The Morgan fingerprint density at radius 2 is 1.79 bits per heavy atom. The predicted octanol–water partition coefficient (Wildman–Crippen LogP) is 4.23. The van der Waals surface area contributed by atoms with Crippen molar-refractivity contribution in [2.75, 3.05) is 29.8 Å². The molecule has 1 aliphatic heterocycles. The zero-order valence-electron chi connectivity index (χ0n) is 16.0. The Hall–Kier alpha value is -2.45. The fourth-order valence-corrected chi connectivity index (χ4v) is 4.78. The molecule has 3 rings (SSSR count). The van der Waals surface area contributed by atoms with Gasteiger partial charge in [0.25, 0.3) is 10.0 Å². The number of ether oxygens (including phenoxy) is 1. The number of carboxylic acid groups (broad SMARTS) is 1. The third kappa shape index (κ3) is 4.94. The molecular weight excluding hydrogens is 416 g/mol. The monoisotopic (exact) mass is 438 g/mol. The van der Waals surface area contributed by atoms with Crippen LogP contribution in [0, 0.1) is 0 Å². The fourth-order valence-electron chi connectivity index (χ4n) is 3.39. The van der Waals surface area contributed by atoms with Gasteiger partial charge in [-0.25, -0.2) is 13.2 Å². The first-order chi connectivity index (χ1) is 13.8. The Kier molecular flexibility index (Phi) is 6.54. The van der Waals surface area contributed by atoms with E-state index in [2.05, 4.69) is 9.62 Å². The van der Waals surface area contributed by atoms with E-state index in [0.717, 1.165) is 38.8 Å². The summed E-state index contributed by atoms with van der Waals surface area (Å²) in [6.45, 7) is 1.57. The molecule has 0 aromatic heterocycles. The average molecular weight is 439 g/mol. The average Bonchev–Trinajstić information content (AvgIpc) is 2.97. The highest BCUT2D eigenvalue weighted by Gasteiger charge is 2.21. The molecule has 1 aliphatic rings. The van der Waals surface area contributed by atoms with Crippen molar-refractivity contribution in [2.45, 2.75) is 30.6 Å². The molecule has 29 heavy (non-hydrogen) atoms. The van der Waals surface area contributed by atoms with Gasteiger partial charge in [0, 0.05) is 18.8 Å². The molecule has 7 nitrogen and oxygen atoms in total. The molecule has 1 fully saturated rings. The number of sulfonamides is 1. The van der Waals surface area contributed by atoms with Crippen molar-refractivity contribution in [3.8, 4) is 5.75 Å². The first kappa shape index (κ1) is 21.3. The second-order valence-corrected chi connectivity index (χ2v) is 8.93. The molecule has 0 unspecified atom stereocenters. The lowest BCUT2D eigenvalue weighted by Gasteiger charge is -2.25. The maximum atomic E-state index is 12.7. The van der Waals surface area contributed by atoms with Crippen molar-refractivity contribution < 1.29 is 23.1 Å². The van der Waals surface area contributed by atoms with Crippen LogP contribution in [0.15, 0.2) is 41.3 Å². The molecular formula is C20H23ClN2O5S. The first-order valence-corrected chi connectivity index (χ1v) is 11.2. The van der Waals surface area contributed by atoms with Gasteiger partial charge in [-0.05, 0) is 49.2 Å². The molecule has 2 aromatic carbocycles. The van der Waals surface area contributed by atoms with E-state index < -0.39 is 16.0 Å². The molecule has 2 N–H and O–H groups in total. The number of benzene rings is 2. The number of hydrogen-bond acceptors (Lipinski definition) is 5. The third-order valence-corrected chi connectivity index (χ3v) is 6.53. The predicted molar refractivity (Wildman–Crippen MR) is 113 cm³/mol. The van der Waals surface area contributed by atoms with Gasteiger partial charge < -0.3 is 14.7 Å². The van der Waals surface area contributed by atoms with Crippen LogP contribution in [-0.4, -0.2) is 39.7 Å². The molecule has 9 heteroatoms. The van der Waals surface area contributed by atoms with Gasteiger partial charge in [-0.15, -0.1) is 0 Å². The SMILES string of the molecule is COc1ccc(S(=O)(=O)Nc2ccc(N3CCCCCC3)c(C(=O)O)c2)cc1Cl. The number of halogens is 1. The summed E-state index contributed by atoms with van der Waals surface area (Å²) in [5.74, 6) is -0.738. The summed E-state index contributed by atoms with van der Waals surface area (Å²) in [6.07, 6.45) is 4.26. The van der Waals surface area contributed by atoms with Gasteiger partial charge in [0.1, 0.15) is 5.75 Å². The number of aromatic carboxylic acids is 1. The quantitative estimate of drug-likeness (QED) is 0.700. The van der Waals surface area contributed by atoms with E-state index in [1.54, 1.807) is 12.1 Å². The first-order valence-electron chi connectivity index (χ1n) is 9.30. The topological polar surface area (TPSA) is 95.9 Å². The molecule has 1 heterocycles. The minimum atomic E-state index is -3.94. The van der Waals surface area contributed by atoms with Crippen LogP contribution >= 0.6 is 11.6 Å². The van der Waals surface area contributed by atoms with Crippen molar-refractivity contribution in [2.24, 2.45) is 0 Å². The standard InChI is InChI=1S/C20H23ClN2O5S/c1-28-19-9-7-15(13-17(19)21)29(26,27)22-14-6-8-18(16(12-14)20(24)25)23-10-4-2-3-5-11-23/h6-9,12-13,22H,2-5,10-11H2,1H3,(H,24,25). The van der Waals surface area contributed by atoms with Gasteiger partial charge in [-0.3, -0.25) is 4.72 Å². The van der Waals surface area contributed by atoms with E-state index in [1.807, 2.05) is 0 Å². The zero-order chi connectivity index (χ0) is 21.0. The number of rotatable bonds is 6. The molecule has 0 radical (unpaired) electrons. The van der Waals surface area contributed by atoms with Crippen molar-refractivity contribution in [1.29, 1.82) is 0 Å². The maximum absolute atomic E-state index is 12.7. The summed E-state index contributed by atoms with van der Waals surface area (Å²) < 4.78 is 32.9. The Labute approximate surface area is 175 Å². The molecule has 0 aliphatic carbocycles. The van der Waals surface area contributed by atoms with Crippen molar-refractivity contribution in [3.63, 3.8) is 0 Å². The highest BCUT2D eigenvalue weighted by Crippen LogP contribution is 2.30. The van der Waals surface area contributed by atoms with Gasteiger partial charge in [-0.2, -0.15) is 0 Å². The van der Waals surface area contributed by atoms with E-state index in [4.69, 9.17) is 16.3 Å². The number of nitrogens with one attached hydrogen (secondary N) is 1. The summed E-state index contributed by atoms with van der Waals surface area (Å²) in [7, 11) is -2.51. The van der Waals surface area contributed by atoms with Gasteiger partial charge >= 0.3 is 5.97 Å². The number of carboxylic acids is 1. The third-order valence-electron chi connectivity index (χ3n) is 4.86. The van der Waals surface area contributed by atoms with Crippen LogP contribution in [-0.2, 0) is 10.0 Å². The van der Waals surface area contributed by atoms with E-state index in [1.165, 1.54) is 31.4 Å². The maximum Gasteiger partial charge on any atom is 0.337 e. The molecule has 0 spiro atoms. The second kappa shape index (κ2) is 8.92. The van der Waals surface area contributed by atoms with Gasteiger partial charge in [-0.1, -0.05) is 24.4 Å². The summed E-state index contributed by atoms with van der Waals surface area (Å²) in [5.41, 5.74) is 0.850. The Bertz CT molecular complexity index is 1000. The largest absolute Gasteiger partial charge is 0.495 e. The van der Waals surface area contributed by atoms with E-state index >= 15 is 0 Å². The molecule has 0 atom stereocenters. The zero-order valence-corrected chi connectivity index (χ0v) is 17.6. The normalized spacial score (nSPS) is 14.9. The lowest BCUT2D eigenvalue weighted by atomic mass is 10.1. The highest BCUT2D eigenvalue weighted by molar-refractivity contribution is 7.92. The Morgan fingerprint density at radius 3 is 2.38 bits per heavy atom. The van der Waals surface area contributed by atoms with Crippen LogP contribution in [0.2, 0.25) is 5.02 Å². The van der Waals surface area contributed by atoms with Gasteiger partial charge in [0.05, 0.1) is 28.3 Å². The van der Waals surface area contributed by atoms with E-state index in [-0.39, 0.29) is 21.2 Å². The van der Waals surface area contributed by atoms with Crippen LogP contribution in [0.3, 0.4) is 0 Å². The van der Waals surface area contributed by atoms with E-state index in [9.17, 15) is 18.3 Å². The van der Waals surface area contributed by atoms with Crippen LogP contribution in [0.5, 0.6) is 5.75 Å². The summed E-state index contributed by atoms with van der Waals surface area (Å²) in [6, 6.07) is 8.71. The molecule has 2 aromatic rings. The molecule has 0 saturated carbocycles. The summed E-state index contributed by atoms with van der Waals surface area (Å²) in [4.78, 5) is 13.8. The number of carbonyl (C=O) groups is 1. The van der Waals surface area contributed by atoms with Crippen LogP contribution in [0.1, 0.15) is 36.0 Å². The molecule has 0 bridgehead atoms. The minimum absolute atomic E-state index is 0.0447. The number of hydrogen-bond donors (Lipinski definition) is 2. The second-order valence-electron chi connectivity index (χ2n) is 6.84. The smallest absolute Gasteiger partial charge is 0.337 e. The lowest BCUT2D eigenvalue weighted by molar-refractivity contribution is 0.0697. The summed E-state index contributed by atoms with van der Waals surface area (Å²) in [5, 5.41) is 9.83. The molecule has 1 saturated heterocycles. The lowest BCUT2D eigenvalue weighted by Crippen LogP contribution is -2.26. The fraction of sp³-hybridized carbons (Fsp3) is 0.350. The Balaban J connectivity index is 1.90. The number of methoxy groups -OCH3 is 1. The number of anilines is 2. The van der Waals surface area contributed by atoms with Crippen LogP contribution < -0.4 is 14.4 Å². The van der Waals surface area contributed by atoms with E-state index in [0.29, 0.717) is 11.4 Å². The van der Waals surface area contributed by atoms with Crippen molar-refractivity contribution >= 4 is 39.0 Å². The number of nitrogens with zero attached hydrogens (tertiary/aromatic N) is 1. The van der Waals surface area contributed by atoms with Crippen molar-refractivity contribution in [3.05, 3.63) is 47.0 Å². The van der Waals surface area contributed by atoms with Gasteiger partial charge in [0.15, 0.2) is 0 Å². The highest BCUT2D eigenvalue weighted by atomic mass is 35.5. The van der Waals surface area contributed by atoms with Crippen LogP contribution in [0.4, 0.5) is 11.4 Å². The van der Waals surface area contributed by atoms with Gasteiger partial charge in [0.2, 0.25) is 0 Å². The molecule has 156 valence electrons.